The zero-order valence-corrected chi connectivity index (χ0v) is 7.82. The van der Waals surface area contributed by atoms with Crippen LogP contribution < -0.4 is 0 Å². The molecule has 6 heavy (non-hydrogen) atoms. The summed E-state index contributed by atoms with van der Waals surface area (Å²) in [6, 6.07) is 0. The molecule has 0 aliphatic carbocycles. The van der Waals surface area contributed by atoms with E-state index in [4.69, 9.17) is 15.7 Å². The van der Waals surface area contributed by atoms with Gasteiger partial charge in [0.15, 0.2) is 9.76 Å². The first-order chi connectivity index (χ1) is 2.91. The fourth-order valence-electron chi connectivity index (χ4n) is 0.133. The molecule has 0 bridgehead atoms. The van der Waals surface area contributed by atoms with Gasteiger partial charge in [0, 0.05) is 0 Å². The van der Waals surface area contributed by atoms with Gasteiger partial charge in [-0.15, -0.1) is 0 Å². The Bertz CT molecular complexity index is 46.8. The van der Waals surface area contributed by atoms with Crippen molar-refractivity contribution in [3.63, 3.8) is 0 Å². The summed E-state index contributed by atoms with van der Waals surface area (Å²) < 4.78 is 4.89. The second-order valence-electron chi connectivity index (χ2n) is 0.817. The minimum Gasteiger partial charge on any atom is -0.465 e. The van der Waals surface area contributed by atoms with Crippen molar-refractivity contribution in [1.29, 1.82) is 0 Å². The van der Waals surface area contributed by atoms with Gasteiger partial charge in [-0.3, -0.25) is 0 Å². The maximum Gasteiger partial charge on any atom is 0.171 e. The number of hydrogen-bond donors (Lipinski definition) is 0. The molecule has 1 nitrogen and oxygen atoms in total. The Morgan fingerprint density at radius 2 is 2.50 bits per heavy atom. The molecular weight excluding hydrogens is 132 g/mol. The van der Waals surface area contributed by atoms with Gasteiger partial charge in [0.25, 0.3) is 0 Å². The number of halogens is 1. The smallest absolute Gasteiger partial charge is 0.171 e. The topological polar surface area (TPSA) is 9.23 Å². The van der Waals surface area contributed by atoms with E-state index in [0.717, 1.165) is 10.5 Å². The van der Waals surface area contributed by atoms with Crippen LogP contribution in [-0.4, -0.2) is 20.2 Å². The highest BCUT2D eigenvalue weighted by atomic mass is 35.5. The van der Waals surface area contributed by atoms with E-state index in [1.54, 1.807) is 0 Å². The normalized spacial score (nSPS) is 12.8. The second kappa shape index (κ2) is 5.42. The molecule has 0 rings (SSSR count). The third-order valence-electron chi connectivity index (χ3n) is 0.352. The lowest BCUT2D eigenvalue weighted by molar-refractivity contribution is 0.676. The number of rotatable bonds is 2. The molecule has 0 atom stereocenters. The molecule has 0 aliphatic heterocycles. The van der Waals surface area contributed by atoms with E-state index in [1.807, 2.05) is 5.70 Å². The monoisotopic (exact) mass is 138 g/mol. The van der Waals surface area contributed by atoms with Crippen molar-refractivity contribution in [2.45, 2.75) is 0 Å². The standard InChI is InChI=1S/C2H7ClOSi2/c3-1-2-6-4-5/h1-2H,6H2,5H3. The highest BCUT2D eigenvalue weighted by Gasteiger charge is 1.66. The van der Waals surface area contributed by atoms with Gasteiger partial charge in [-0.05, 0) is 5.54 Å². The molecule has 0 spiro atoms. The summed E-state index contributed by atoms with van der Waals surface area (Å²) in [5.74, 6) is 0. The Morgan fingerprint density at radius 3 is 2.67 bits per heavy atom. The molecule has 0 N–H and O–H groups in total. The zero-order chi connectivity index (χ0) is 4.83. The summed E-state index contributed by atoms with van der Waals surface area (Å²) in [6.45, 7) is 0. The second-order valence-corrected chi connectivity index (χ2v) is 4.18. The molecule has 0 aromatic heterocycles. The Hall–Kier alpha value is 0.424. The van der Waals surface area contributed by atoms with Crippen molar-refractivity contribution in [2.75, 3.05) is 0 Å². The molecule has 36 valence electrons. The van der Waals surface area contributed by atoms with E-state index in [-0.39, 0.29) is 9.76 Å². The molecule has 0 fully saturated rings. The first-order valence-corrected chi connectivity index (χ1v) is 4.30. The molecule has 0 radical (unpaired) electrons. The van der Waals surface area contributed by atoms with Crippen LogP contribution in [0.3, 0.4) is 0 Å². The van der Waals surface area contributed by atoms with Crippen LogP contribution in [0.5, 0.6) is 0 Å². The van der Waals surface area contributed by atoms with E-state index in [2.05, 4.69) is 0 Å². The quantitative estimate of drug-likeness (QED) is 0.449. The van der Waals surface area contributed by atoms with Crippen molar-refractivity contribution in [3.8, 4) is 0 Å². The first kappa shape index (κ1) is 6.42. The lowest BCUT2D eigenvalue weighted by Crippen LogP contribution is -1.86. The Kier molecular flexibility index (Phi) is 5.81. The predicted molar refractivity (Wildman–Crippen MR) is 34.6 cm³/mol. The molecule has 0 aromatic rings. The molecular formula is C2H7ClOSi2. The largest absolute Gasteiger partial charge is 0.465 e. The van der Waals surface area contributed by atoms with Gasteiger partial charge >= 0.3 is 0 Å². The fourth-order valence-corrected chi connectivity index (χ4v) is 1.19. The summed E-state index contributed by atoms with van der Waals surface area (Å²) in [6.07, 6.45) is 0. The van der Waals surface area contributed by atoms with E-state index < -0.39 is 0 Å². The minimum absolute atomic E-state index is 0.329. The lowest BCUT2D eigenvalue weighted by Gasteiger charge is -1.80. The van der Waals surface area contributed by atoms with Crippen LogP contribution in [0.25, 0.3) is 0 Å². The molecule has 0 heterocycles. The van der Waals surface area contributed by atoms with Crippen LogP contribution in [0, 0.1) is 0 Å². The zero-order valence-electron chi connectivity index (χ0n) is 3.65. The van der Waals surface area contributed by atoms with Gasteiger partial charge in [-0.25, -0.2) is 0 Å². The summed E-state index contributed by atoms with van der Waals surface area (Å²) in [5, 5.41) is 0. The van der Waals surface area contributed by atoms with Crippen LogP contribution in [0.1, 0.15) is 0 Å². The van der Waals surface area contributed by atoms with Gasteiger partial charge in [0.1, 0.15) is 10.5 Å². The summed E-state index contributed by atoms with van der Waals surface area (Å²) in [7, 11) is 0.526. The van der Waals surface area contributed by atoms with Gasteiger partial charge < -0.3 is 4.12 Å². The highest BCUT2D eigenvalue weighted by Crippen LogP contribution is 1.73. The van der Waals surface area contributed by atoms with Crippen LogP contribution >= 0.6 is 11.6 Å². The van der Waals surface area contributed by atoms with Crippen LogP contribution in [0.4, 0.5) is 0 Å². The van der Waals surface area contributed by atoms with Crippen molar-refractivity contribution >= 4 is 31.9 Å². The third kappa shape index (κ3) is 4.42. The Labute approximate surface area is 47.8 Å². The SMILES string of the molecule is [SiH3]O[SiH2]C=CCl. The fraction of sp³-hybridized carbons (Fsp3) is 0. The summed E-state index contributed by atoms with van der Waals surface area (Å²) in [5.41, 5.74) is 3.42. The predicted octanol–water partition coefficient (Wildman–Crippen LogP) is -0.923. The molecule has 4 heteroatoms. The first-order valence-electron chi connectivity index (χ1n) is 1.66. The average molecular weight is 139 g/mol. The van der Waals surface area contributed by atoms with Gasteiger partial charge in [-0.2, -0.15) is 0 Å². The van der Waals surface area contributed by atoms with Gasteiger partial charge in [0.2, 0.25) is 0 Å². The maximum atomic E-state index is 5.17. The molecule has 0 saturated carbocycles. The van der Waals surface area contributed by atoms with E-state index in [0.29, 0.717) is 0 Å². The molecule has 0 aliphatic rings. The lowest BCUT2D eigenvalue weighted by atomic mass is 11.3. The van der Waals surface area contributed by atoms with Gasteiger partial charge in [0.05, 0.1) is 0 Å². The third-order valence-corrected chi connectivity index (χ3v) is 2.59. The minimum atomic E-state index is -0.329. The molecule has 0 saturated heterocycles. The van der Waals surface area contributed by atoms with Crippen molar-refractivity contribution in [1.82, 2.24) is 0 Å². The van der Waals surface area contributed by atoms with Crippen LogP contribution in [-0.2, 0) is 4.12 Å². The van der Waals surface area contributed by atoms with Crippen molar-refractivity contribution in [2.24, 2.45) is 0 Å². The Morgan fingerprint density at radius 1 is 1.83 bits per heavy atom. The highest BCUT2D eigenvalue weighted by molar-refractivity contribution is 6.42. The molecule has 0 aromatic carbocycles. The number of hydrogen-bond acceptors (Lipinski definition) is 1. The summed E-state index contributed by atoms with van der Waals surface area (Å²) in [4.78, 5) is 0. The average Bonchev–Trinajstić information content (AvgIpc) is 1.61. The summed E-state index contributed by atoms with van der Waals surface area (Å²) >= 11 is 5.17. The Balaban J connectivity index is 2.66. The van der Waals surface area contributed by atoms with Crippen molar-refractivity contribution in [3.05, 3.63) is 11.2 Å². The molecule has 0 unspecified atom stereocenters. The van der Waals surface area contributed by atoms with Crippen LogP contribution in [0.2, 0.25) is 0 Å². The van der Waals surface area contributed by atoms with E-state index >= 15 is 0 Å². The van der Waals surface area contributed by atoms with E-state index in [9.17, 15) is 0 Å². The van der Waals surface area contributed by atoms with E-state index in [1.165, 1.54) is 5.54 Å². The van der Waals surface area contributed by atoms with Gasteiger partial charge in [-0.1, -0.05) is 17.3 Å². The maximum absolute atomic E-state index is 5.17. The van der Waals surface area contributed by atoms with Crippen molar-refractivity contribution < 1.29 is 4.12 Å². The van der Waals surface area contributed by atoms with Crippen LogP contribution in [0.15, 0.2) is 11.2 Å². The molecule has 0 amide bonds.